The molecule has 270 valence electrons. The van der Waals surface area contributed by atoms with Crippen LogP contribution in [0.4, 0.5) is 17.1 Å². The van der Waals surface area contributed by atoms with Gasteiger partial charge in [-0.2, -0.15) is 0 Å². The number of anilines is 3. The van der Waals surface area contributed by atoms with E-state index in [-0.39, 0.29) is 0 Å². The van der Waals surface area contributed by atoms with Gasteiger partial charge in [0.15, 0.2) is 0 Å². The van der Waals surface area contributed by atoms with Gasteiger partial charge in [-0.05, 0) is 113 Å². The fourth-order valence-electron chi connectivity index (χ4n) is 10.3. The molecule has 12 rings (SSSR count). The van der Waals surface area contributed by atoms with Crippen LogP contribution in [-0.2, 0) is 5.41 Å². The van der Waals surface area contributed by atoms with Crippen LogP contribution in [0.1, 0.15) is 22.3 Å². The van der Waals surface area contributed by atoms with Crippen molar-refractivity contribution in [2.75, 3.05) is 4.90 Å². The van der Waals surface area contributed by atoms with Crippen LogP contribution in [-0.4, -0.2) is 0 Å². The molecule has 0 unspecified atom stereocenters. The van der Waals surface area contributed by atoms with Gasteiger partial charge in [-0.1, -0.05) is 194 Å². The molecular formula is C57H37N. The average Bonchev–Trinajstić information content (AvgIpc) is 3.77. The second-order valence-corrected chi connectivity index (χ2v) is 15.6. The molecule has 1 nitrogen and oxygen atoms in total. The third-order valence-corrected chi connectivity index (χ3v) is 12.7. The Bertz CT molecular complexity index is 3170. The largest absolute Gasteiger partial charge is 0.310 e. The minimum atomic E-state index is -0.446. The van der Waals surface area contributed by atoms with Crippen molar-refractivity contribution >= 4 is 38.6 Å². The quantitative estimate of drug-likeness (QED) is 0.159. The Balaban J connectivity index is 1.17. The van der Waals surface area contributed by atoms with E-state index in [1.807, 2.05) is 0 Å². The molecule has 2 aliphatic carbocycles. The molecule has 0 saturated heterocycles. The van der Waals surface area contributed by atoms with E-state index < -0.39 is 5.41 Å². The second kappa shape index (κ2) is 12.8. The summed E-state index contributed by atoms with van der Waals surface area (Å²) in [5, 5.41) is 4.93. The number of hydrogen-bond donors (Lipinski definition) is 0. The molecule has 58 heavy (non-hydrogen) atoms. The maximum absolute atomic E-state index is 2.51. The number of benzene rings is 10. The lowest BCUT2D eigenvalue weighted by Crippen LogP contribution is -2.26. The lowest BCUT2D eigenvalue weighted by Gasteiger charge is -2.33. The first-order valence-electron chi connectivity index (χ1n) is 20.2. The van der Waals surface area contributed by atoms with Crippen LogP contribution < -0.4 is 4.90 Å². The molecule has 0 fully saturated rings. The Hall–Kier alpha value is -7.48. The summed E-state index contributed by atoms with van der Waals surface area (Å²) in [4.78, 5) is 2.51. The summed E-state index contributed by atoms with van der Waals surface area (Å²) in [7, 11) is 0. The minimum absolute atomic E-state index is 0.446. The Morgan fingerprint density at radius 1 is 0.276 bits per heavy atom. The van der Waals surface area contributed by atoms with E-state index in [1.54, 1.807) is 0 Å². The fourth-order valence-corrected chi connectivity index (χ4v) is 10.3. The zero-order valence-corrected chi connectivity index (χ0v) is 31.8. The summed E-state index contributed by atoms with van der Waals surface area (Å²) in [5.41, 5.74) is 18.3. The normalized spacial score (nSPS) is 13.0. The van der Waals surface area contributed by atoms with Gasteiger partial charge in [0.2, 0.25) is 0 Å². The molecule has 0 aromatic heterocycles. The molecule has 0 heterocycles. The van der Waals surface area contributed by atoms with E-state index >= 15 is 0 Å². The van der Waals surface area contributed by atoms with Crippen molar-refractivity contribution in [3.8, 4) is 44.5 Å². The standard InChI is InChI=1S/C57H37N/c1-3-17-38(18-4-1)44-33-31-41(36-51(44)39-19-5-2-6-20-39)58(56-35-40-21-7-8-22-43(40)45-23-9-10-27-50(45)56)42-32-34-49-48-26-13-16-30-54(48)57(55(49)37-42)52-28-14-11-24-46(52)47-25-12-15-29-53(47)57/h1-37H. The van der Waals surface area contributed by atoms with Gasteiger partial charge in [0.05, 0.1) is 11.1 Å². The van der Waals surface area contributed by atoms with Crippen molar-refractivity contribution in [3.63, 3.8) is 0 Å². The number of nitrogens with zero attached hydrogens (tertiary/aromatic N) is 1. The number of rotatable bonds is 5. The number of hydrogen-bond acceptors (Lipinski definition) is 1. The van der Waals surface area contributed by atoms with Crippen molar-refractivity contribution < 1.29 is 0 Å². The molecule has 0 radical (unpaired) electrons. The van der Waals surface area contributed by atoms with Crippen LogP contribution in [0.3, 0.4) is 0 Å². The van der Waals surface area contributed by atoms with Crippen LogP contribution in [0, 0.1) is 0 Å². The molecule has 0 saturated carbocycles. The zero-order valence-electron chi connectivity index (χ0n) is 31.8. The smallest absolute Gasteiger partial charge is 0.0726 e. The molecule has 0 atom stereocenters. The monoisotopic (exact) mass is 735 g/mol. The predicted octanol–water partition coefficient (Wildman–Crippen LogP) is 15.1. The van der Waals surface area contributed by atoms with Crippen LogP contribution in [0.15, 0.2) is 224 Å². The number of fused-ring (bicyclic) bond motifs is 13. The van der Waals surface area contributed by atoms with E-state index in [1.165, 1.54) is 88.3 Å². The van der Waals surface area contributed by atoms with E-state index in [2.05, 4.69) is 229 Å². The van der Waals surface area contributed by atoms with Gasteiger partial charge in [0, 0.05) is 16.8 Å². The summed E-state index contributed by atoms with van der Waals surface area (Å²) in [5.74, 6) is 0. The molecule has 1 spiro atoms. The van der Waals surface area contributed by atoms with Crippen molar-refractivity contribution in [2.45, 2.75) is 5.41 Å². The lowest BCUT2D eigenvalue weighted by molar-refractivity contribution is 0.793. The second-order valence-electron chi connectivity index (χ2n) is 15.6. The molecular weight excluding hydrogens is 699 g/mol. The molecule has 2 aliphatic rings. The van der Waals surface area contributed by atoms with Crippen LogP contribution in [0.25, 0.3) is 66.1 Å². The van der Waals surface area contributed by atoms with E-state index in [0.717, 1.165) is 17.1 Å². The molecule has 0 bridgehead atoms. The third kappa shape index (κ3) is 4.65. The van der Waals surface area contributed by atoms with E-state index in [0.29, 0.717) is 0 Å². The highest BCUT2D eigenvalue weighted by Crippen LogP contribution is 2.63. The van der Waals surface area contributed by atoms with Crippen LogP contribution >= 0.6 is 0 Å². The highest BCUT2D eigenvalue weighted by molar-refractivity contribution is 6.15. The third-order valence-electron chi connectivity index (χ3n) is 12.7. The van der Waals surface area contributed by atoms with Crippen LogP contribution in [0.2, 0.25) is 0 Å². The molecule has 0 aliphatic heterocycles. The van der Waals surface area contributed by atoms with Crippen molar-refractivity contribution in [2.24, 2.45) is 0 Å². The highest BCUT2D eigenvalue weighted by atomic mass is 15.1. The predicted molar refractivity (Wildman–Crippen MR) is 243 cm³/mol. The first kappa shape index (κ1) is 32.7. The van der Waals surface area contributed by atoms with Crippen molar-refractivity contribution in [3.05, 3.63) is 247 Å². The summed E-state index contributed by atoms with van der Waals surface area (Å²) >= 11 is 0. The van der Waals surface area contributed by atoms with Crippen molar-refractivity contribution in [1.29, 1.82) is 0 Å². The summed E-state index contributed by atoms with van der Waals surface area (Å²) in [6.07, 6.45) is 0. The highest BCUT2D eigenvalue weighted by Gasteiger charge is 2.51. The lowest BCUT2D eigenvalue weighted by atomic mass is 9.70. The Labute approximate surface area is 338 Å². The van der Waals surface area contributed by atoms with E-state index in [9.17, 15) is 0 Å². The maximum atomic E-state index is 2.51. The Morgan fingerprint density at radius 3 is 1.34 bits per heavy atom. The topological polar surface area (TPSA) is 3.24 Å². The summed E-state index contributed by atoms with van der Waals surface area (Å²) in [6, 6.07) is 83.2. The fraction of sp³-hybridized carbons (Fsp3) is 0.0175. The van der Waals surface area contributed by atoms with Crippen molar-refractivity contribution in [1.82, 2.24) is 0 Å². The summed E-state index contributed by atoms with van der Waals surface area (Å²) < 4.78 is 0. The minimum Gasteiger partial charge on any atom is -0.310 e. The van der Waals surface area contributed by atoms with Gasteiger partial charge in [-0.15, -0.1) is 0 Å². The SMILES string of the molecule is c1ccc(-c2ccc(N(c3ccc4c(c3)C3(c5ccccc5-c5ccccc53)c3ccccc3-4)c3cc4ccccc4c4ccccc34)cc2-c2ccccc2)cc1. The Morgan fingerprint density at radius 2 is 0.724 bits per heavy atom. The van der Waals surface area contributed by atoms with Gasteiger partial charge >= 0.3 is 0 Å². The first-order valence-corrected chi connectivity index (χ1v) is 20.2. The molecule has 10 aromatic carbocycles. The maximum Gasteiger partial charge on any atom is 0.0726 e. The van der Waals surface area contributed by atoms with Gasteiger partial charge in [0.1, 0.15) is 0 Å². The molecule has 10 aromatic rings. The zero-order chi connectivity index (χ0) is 38.2. The Kier molecular flexibility index (Phi) is 7.21. The van der Waals surface area contributed by atoms with Gasteiger partial charge in [-0.3, -0.25) is 0 Å². The first-order chi connectivity index (χ1) is 28.8. The molecule has 1 heteroatoms. The van der Waals surface area contributed by atoms with Gasteiger partial charge in [-0.25, -0.2) is 0 Å². The molecule has 0 N–H and O–H groups in total. The summed E-state index contributed by atoms with van der Waals surface area (Å²) in [6.45, 7) is 0. The molecule has 0 amide bonds. The van der Waals surface area contributed by atoms with Crippen LogP contribution in [0.5, 0.6) is 0 Å². The van der Waals surface area contributed by atoms with E-state index in [4.69, 9.17) is 0 Å². The average molecular weight is 736 g/mol. The van der Waals surface area contributed by atoms with Gasteiger partial charge in [0.25, 0.3) is 0 Å². The van der Waals surface area contributed by atoms with Gasteiger partial charge < -0.3 is 4.90 Å².